The van der Waals surface area contributed by atoms with Crippen LogP contribution in [0.3, 0.4) is 0 Å². The largest absolute Gasteiger partial charge is 0.341 e. The van der Waals surface area contributed by atoms with E-state index in [1.807, 2.05) is 0 Å². The molecule has 2 heterocycles. The zero-order valence-corrected chi connectivity index (χ0v) is 10.7. The Bertz CT molecular complexity index is 311. The molecule has 0 aliphatic carbocycles. The molecule has 0 aromatic heterocycles. The van der Waals surface area contributed by atoms with Gasteiger partial charge in [0.15, 0.2) is 0 Å². The number of hydrogen-bond donors (Lipinski definition) is 3. The summed E-state index contributed by atoms with van der Waals surface area (Å²) in [5.74, 6) is -0.242. The first-order valence-electron chi connectivity index (χ1n) is 6.37. The Hall–Kier alpha value is -1.18. The van der Waals surface area contributed by atoms with E-state index in [1.54, 1.807) is 0 Å². The molecule has 2 rings (SSSR count). The predicted octanol–water partition coefficient (Wildman–Crippen LogP) is -1.97. The number of amides is 3. The van der Waals surface area contributed by atoms with Crippen LogP contribution in [0.2, 0.25) is 0 Å². The van der Waals surface area contributed by atoms with Gasteiger partial charge in [-0.1, -0.05) is 0 Å². The van der Waals surface area contributed by atoms with Crippen molar-refractivity contribution in [2.45, 2.75) is 6.04 Å². The minimum absolute atomic E-state index is 0.242. The Balaban J connectivity index is 1.63. The number of urea groups is 1. The van der Waals surface area contributed by atoms with Gasteiger partial charge in [-0.25, -0.2) is 4.79 Å². The molecule has 7 nitrogen and oxygen atoms in total. The minimum Gasteiger partial charge on any atom is -0.341 e. The molecule has 7 heteroatoms. The van der Waals surface area contributed by atoms with Crippen molar-refractivity contribution in [3.05, 3.63) is 0 Å². The molecule has 3 N–H and O–H groups in total. The number of nitrogens with zero attached hydrogens (tertiary/aromatic N) is 2. The maximum absolute atomic E-state index is 11.5. The normalized spacial score (nSPS) is 22.3. The number of piperazine rings is 1. The predicted molar refractivity (Wildman–Crippen MR) is 67.3 cm³/mol. The number of hydrogen-bond acceptors (Lipinski definition) is 5. The molecule has 2 aliphatic rings. The number of nitrogens with one attached hydrogen (secondary N) is 3. The Kier molecular flexibility index (Phi) is 4.51. The van der Waals surface area contributed by atoms with Crippen LogP contribution in [0, 0.1) is 0 Å². The van der Waals surface area contributed by atoms with Gasteiger partial charge in [0.05, 0.1) is 6.54 Å². The summed E-state index contributed by atoms with van der Waals surface area (Å²) in [6, 6.07) is 0.124. The van der Waals surface area contributed by atoms with Gasteiger partial charge in [0.1, 0.15) is 0 Å². The number of imide groups is 1. The maximum atomic E-state index is 11.5. The summed E-state index contributed by atoms with van der Waals surface area (Å²) in [5.41, 5.74) is 0. The quantitative estimate of drug-likeness (QED) is 0.545. The lowest BCUT2D eigenvalue weighted by atomic mass is 10.1. The zero-order chi connectivity index (χ0) is 13.0. The van der Waals surface area contributed by atoms with Crippen LogP contribution in [0.1, 0.15) is 0 Å². The van der Waals surface area contributed by atoms with Crippen LogP contribution in [0.25, 0.3) is 0 Å². The molecule has 2 fully saturated rings. The van der Waals surface area contributed by atoms with Gasteiger partial charge in [0.25, 0.3) is 0 Å². The van der Waals surface area contributed by atoms with Crippen LogP contribution in [0.15, 0.2) is 0 Å². The Morgan fingerprint density at radius 1 is 1.28 bits per heavy atom. The molecule has 0 aromatic rings. The van der Waals surface area contributed by atoms with E-state index in [2.05, 4.69) is 25.8 Å². The van der Waals surface area contributed by atoms with Crippen molar-refractivity contribution in [3.63, 3.8) is 0 Å². The third kappa shape index (κ3) is 3.41. The third-order valence-electron chi connectivity index (χ3n) is 3.45. The maximum Gasteiger partial charge on any atom is 0.321 e. The molecule has 0 bridgehead atoms. The third-order valence-corrected chi connectivity index (χ3v) is 3.45. The van der Waals surface area contributed by atoms with Gasteiger partial charge in [-0.3, -0.25) is 19.9 Å². The van der Waals surface area contributed by atoms with Gasteiger partial charge in [-0.05, 0) is 0 Å². The topological polar surface area (TPSA) is 76.7 Å². The van der Waals surface area contributed by atoms with E-state index < -0.39 is 6.03 Å². The summed E-state index contributed by atoms with van der Waals surface area (Å²) in [7, 11) is 1.49. The number of carbonyl (C=O) groups is 2. The highest BCUT2D eigenvalue weighted by Gasteiger charge is 2.33. The van der Waals surface area contributed by atoms with Crippen molar-refractivity contribution in [2.24, 2.45) is 0 Å². The van der Waals surface area contributed by atoms with Crippen LogP contribution in [0.4, 0.5) is 4.79 Å². The molecule has 2 aliphatic heterocycles. The first-order chi connectivity index (χ1) is 8.69. The second-order valence-electron chi connectivity index (χ2n) is 4.76. The molecular weight excluding hydrogens is 234 g/mol. The summed E-state index contributed by atoms with van der Waals surface area (Å²) in [5, 5.41) is 7.96. The van der Waals surface area contributed by atoms with Crippen molar-refractivity contribution < 1.29 is 9.59 Å². The van der Waals surface area contributed by atoms with E-state index in [9.17, 15) is 9.59 Å². The number of carbonyl (C=O) groups excluding carboxylic acids is 2. The number of rotatable bonds is 3. The highest BCUT2D eigenvalue weighted by Crippen LogP contribution is 2.14. The molecule has 0 spiro atoms. The number of likely N-dealkylation sites (tertiary alicyclic amines) is 1. The van der Waals surface area contributed by atoms with Gasteiger partial charge < -0.3 is 10.6 Å². The molecule has 0 unspecified atom stereocenters. The van der Waals surface area contributed by atoms with E-state index >= 15 is 0 Å². The van der Waals surface area contributed by atoms with Gasteiger partial charge in [-0.2, -0.15) is 0 Å². The minimum atomic E-state index is -0.445. The van der Waals surface area contributed by atoms with Crippen LogP contribution in [0.5, 0.6) is 0 Å². The van der Waals surface area contributed by atoms with E-state index in [0.717, 1.165) is 39.3 Å². The van der Waals surface area contributed by atoms with E-state index in [1.165, 1.54) is 7.05 Å². The van der Waals surface area contributed by atoms with Crippen LogP contribution in [-0.4, -0.2) is 80.6 Å². The first-order valence-corrected chi connectivity index (χ1v) is 6.37. The van der Waals surface area contributed by atoms with Crippen LogP contribution in [-0.2, 0) is 4.79 Å². The Morgan fingerprint density at radius 2 is 1.94 bits per heavy atom. The van der Waals surface area contributed by atoms with Gasteiger partial charge in [0.2, 0.25) is 5.91 Å². The lowest BCUT2D eigenvalue weighted by molar-refractivity contribution is -0.123. The fourth-order valence-corrected chi connectivity index (χ4v) is 2.38. The van der Waals surface area contributed by atoms with E-state index in [-0.39, 0.29) is 5.91 Å². The van der Waals surface area contributed by atoms with Crippen molar-refractivity contribution in [1.29, 1.82) is 0 Å². The molecule has 0 atom stereocenters. The monoisotopic (exact) mass is 255 g/mol. The average molecular weight is 255 g/mol. The SMILES string of the molecule is CNC(=O)NC(=O)CN1CC(N2CCNCC2)C1. The van der Waals surface area contributed by atoms with Gasteiger partial charge >= 0.3 is 6.03 Å². The van der Waals surface area contributed by atoms with Crippen molar-refractivity contribution >= 4 is 11.9 Å². The molecule has 18 heavy (non-hydrogen) atoms. The van der Waals surface area contributed by atoms with Gasteiger partial charge in [0, 0.05) is 52.4 Å². The highest BCUT2D eigenvalue weighted by molar-refractivity contribution is 5.95. The lowest BCUT2D eigenvalue weighted by Gasteiger charge is -2.46. The van der Waals surface area contributed by atoms with Crippen molar-refractivity contribution in [2.75, 3.05) is 52.9 Å². The fraction of sp³-hybridized carbons (Fsp3) is 0.818. The molecule has 0 saturated carbocycles. The molecule has 0 radical (unpaired) electrons. The lowest BCUT2D eigenvalue weighted by Crippen LogP contribution is -2.64. The molecule has 2 saturated heterocycles. The summed E-state index contributed by atoms with van der Waals surface area (Å²) in [6.07, 6.45) is 0. The van der Waals surface area contributed by atoms with Gasteiger partial charge in [-0.15, -0.1) is 0 Å². The molecule has 102 valence electrons. The summed E-state index contributed by atoms with van der Waals surface area (Å²) < 4.78 is 0. The van der Waals surface area contributed by atoms with Crippen molar-refractivity contribution in [3.8, 4) is 0 Å². The van der Waals surface area contributed by atoms with Crippen LogP contribution >= 0.6 is 0 Å². The second-order valence-corrected chi connectivity index (χ2v) is 4.76. The first kappa shape index (κ1) is 13.3. The van der Waals surface area contributed by atoms with Crippen LogP contribution < -0.4 is 16.0 Å². The molecule has 0 aromatic carbocycles. The van der Waals surface area contributed by atoms with E-state index in [4.69, 9.17) is 0 Å². The second kappa shape index (κ2) is 6.12. The van der Waals surface area contributed by atoms with E-state index in [0.29, 0.717) is 12.6 Å². The zero-order valence-electron chi connectivity index (χ0n) is 10.7. The van der Waals surface area contributed by atoms with Crippen molar-refractivity contribution in [1.82, 2.24) is 25.8 Å². The molecule has 3 amide bonds. The fourth-order valence-electron chi connectivity index (χ4n) is 2.38. The molecular formula is C11H21N5O2. The Labute approximate surface area is 107 Å². The highest BCUT2D eigenvalue weighted by atomic mass is 16.2. The Morgan fingerprint density at radius 3 is 2.56 bits per heavy atom. The standard InChI is InChI=1S/C11H21N5O2/c1-12-11(18)14-10(17)8-15-6-9(7-15)16-4-2-13-3-5-16/h9,13H,2-8H2,1H3,(H2,12,14,17,18). The average Bonchev–Trinajstić information content (AvgIpc) is 2.34. The smallest absolute Gasteiger partial charge is 0.321 e. The summed E-state index contributed by atoms with van der Waals surface area (Å²) >= 11 is 0. The summed E-state index contributed by atoms with van der Waals surface area (Å²) in [6.45, 7) is 6.41. The summed E-state index contributed by atoms with van der Waals surface area (Å²) in [4.78, 5) is 26.9.